The number of hydrogen-bond acceptors (Lipinski definition) is 8. The molecule has 3 N–H and O–H groups in total. The lowest BCUT2D eigenvalue weighted by Crippen LogP contribution is -2.48. The first-order chi connectivity index (χ1) is 28.2. The summed E-state index contributed by atoms with van der Waals surface area (Å²) < 4.78 is 0. The van der Waals surface area contributed by atoms with Crippen LogP contribution in [0.25, 0.3) is 28.7 Å². The van der Waals surface area contributed by atoms with Crippen molar-refractivity contribution in [3.63, 3.8) is 0 Å². The fourth-order valence-electron chi connectivity index (χ4n) is 9.74. The van der Waals surface area contributed by atoms with E-state index >= 15 is 0 Å². The number of anilines is 2. The third-order valence-electron chi connectivity index (χ3n) is 12.3. The van der Waals surface area contributed by atoms with Crippen LogP contribution in [0.15, 0.2) is 168 Å². The van der Waals surface area contributed by atoms with Gasteiger partial charge in [0.15, 0.2) is 0 Å². The molecular weight excluding hydrogens is 701 g/mol. The van der Waals surface area contributed by atoms with Crippen LogP contribution in [-0.4, -0.2) is 65.9 Å². The number of rotatable bonds is 5. The summed E-state index contributed by atoms with van der Waals surface area (Å²) in [5, 5.41) is 13.8. The van der Waals surface area contributed by atoms with Gasteiger partial charge in [0.2, 0.25) is 0 Å². The number of allylic oxidation sites excluding steroid dienone is 5. The number of aromatic nitrogens is 1. The second-order valence-electron chi connectivity index (χ2n) is 15.4. The lowest BCUT2D eigenvalue weighted by molar-refractivity contribution is 0.351. The molecule has 4 aromatic rings. The van der Waals surface area contributed by atoms with E-state index in [1.165, 1.54) is 44.2 Å². The van der Waals surface area contributed by atoms with Gasteiger partial charge in [-0.2, -0.15) is 0 Å². The molecule has 8 nitrogen and oxygen atoms in total. The number of hydrogen-bond donors (Lipinski definition) is 3. The zero-order valence-electron chi connectivity index (χ0n) is 31.9. The van der Waals surface area contributed by atoms with E-state index in [-0.39, 0.29) is 24.0 Å². The predicted molar refractivity (Wildman–Crippen MR) is 232 cm³/mol. The number of para-hydroxylation sites is 2. The van der Waals surface area contributed by atoms with E-state index < -0.39 is 0 Å². The van der Waals surface area contributed by atoms with E-state index in [4.69, 9.17) is 9.98 Å². The molecule has 280 valence electrons. The van der Waals surface area contributed by atoms with E-state index in [2.05, 4.69) is 177 Å². The van der Waals surface area contributed by atoms with Gasteiger partial charge in [-0.05, 0) is 60.2 Å². The van der Waals surface area contributed by atoms with Gasteiger partial charge >= 0.3 is 0 Å². The Labute approximate surface area is 333 Å². The van der Waals surface area contributed by atoms with E-state index in [1.807, 2.05) is 18.6 Å². The van der Waals surface area contributed by atoms with Gasteiger partial charge < -0.3 is 30.7 Å². The number of benzene rings is 3. The molecule has 4 atom stereocenters. The predicted octanol–water partition coefficient (Wildman–Crippen LogP) is 6.02. The zero-order chi connectivity index (χ0) is 37.9. The lowest BCUT2D eigenvalue weighted by atomic mass is 9.92. The molecule has 7 heterocycles. The maximum atomic E-state index is 4.85. The lowest BCUT2D eigenvalue weighted by Gasteiger charge is -2.40. The maximum Gasteiger partial charge on any atom is 0.0892 e. The Balaban J connectivity index is 1.07. The molecule has 0 spiro atoms. The molecule has 0 saturated carbocycles. The molecule has 3 aromatic carbocycles. The first kappa shape index (κ1) is 33.5. The van der Waals surface area contributed by atoms with E-state index in [0.717, 1.165) is 53.7 Å². The Morgan fingerprint density at radius 2 is 1.63 bits per heavy atom. The van der Waals surface area contributed by atoms with Gasteiger partial charge in [-0.3, -0.25) is 9.98 Å². The highest BCUT2D eigenvalue weighted by molar-refractivity contribution is 6.06. The number of likely N-dealkylation sites (N-methyl/N-ethyl adjacent to an activating group) is 1. The minimum absolute atomic E-state index is 0.0294. The van der Waals surface area contributed by atoms with E-state index in [9.17, 15) is 0 Å². The topological polar surface area (TPSA) is 71.1 Å². The summed E-state index contributed by atoms with van der Waals surface area (Å²) in [7, 11) is 2.17. The Morgan fingerprint density at radius 3 is 2.46 bits per heavy atom. The molecular formula is C49H44N8. The number of nitrogens with zero attached hydrogens (tertiary/aromatic N) is 5. The summed E-state index contributed by atoms with van der Waals surface area (Å²) >= 11 is 0. The third-order valence-corrected chi connectivity index (χ3v) is 12.3. The van der Waals surface area contributed by atoms with Crippen molar-refractivity contribution in [3.05, 3.63) is 190 Å². The Hall–Kier alpha value is -6.80. The number of pyridine rings is 1. The Bertz CT molecular complexity index is 2680. The van der Waals surface area contributed by atoms with Gasteiger partial charge in [-0.15, -0.1) is 0 Å². The minimum Gasteiger partial charge on any atom is -0.384 e. The van der Waals surface area contributed by atoms with Crippen molar-refractivity contribution in [1.29, 1.82) is 0 Å². The molecule has 1 aromatic heterocycles. The van der Waals surface area contributed by atoms with Gasteiger partial charge in [-0.25, -0.2) is 0 Å². The molecule has 0 fully saturated rings. The molecule has 4 unspecified atom stereocenters. The first-order valence-electron chi connectivity index (χ1n) is 20.1. The average Bonchev–Trinajstić information content (AvgIpc) is 3.56. The van der Waals surface area contributed by atoms with Crippen molar-refractivity contribution < 1.29 is 0 Å². The molecule has 7 aliphatic rings. The van der Waals surface area contributed by atoms with Crippen LogP contribution in [0.3, 0.4) is 0 Å². The summed E-state index contributed by atoms with van der Waals surface area (Å²) in [6, 6.07) is 33.0. The van der Waals surface area contributed by atoms with Crippen LogP contribution in [0.4, 0.5) is 11.4 Å². The van der Waals surface area contributed by atoms with Gasteiger partial charge in [0, 0.05) is 77.0 Å². The fraction of sp³-hybridized carbons (Fsp3) is 0.184. The van der Waals surface area contributed by atoms with Crippen molar-refractivity contribution in [3.8, 4) is 0 Å². The second kappa shape index (κ2) is 13.7. The second-order valence-corrected chi connectivity index (χ2v) is 15.4. The maximum absolute atomic E-state index is 4.85. The summed E-state index contributed by atoms with van der Waals surface area (Å²) in [6.45, 7) is 2.36. The average molecular weight is 745 g/mol. The molecule has 0 bridgehead atoms. The number of nitrogens with one attached hydrogen (secondary N) is 3. The molecule has 11 rings (SSSR count). The largest absolute Gasteiger partial charge is 0.384 e. The first-order valence-corrected chi connectivity index (χ1v) is 20.1. The van der Waals surface area contributed by atoms with Crippen LogP contribution in [0, 0.1) is 5.92 Å². The van der Waals surface area contributed by atoms with E-state index in [1.54, 1.807) is 0 Å². The molecule has 0 radical (unpaired) electrons. The number of dihydropyridines is 1. The van der Waals surface area contributed by atoms with Crippen LogP contribution in [0.2, 0.25) is 0 Å². The van der Waals surface area contributed by atoms with Crippen LogP contribution >= 0.6 is 0 Å². The van der Waals surface area contributed by atoms with Gasteiger partial charge in [-0.1, -0.05) is 97.1 Å². The molecule has 1 aliphatic carbocycles. The highest BCUT2D eigenvalue weighted by Crippen LogP contribution is 2.54. The summed E-state index contributed by atoms with van der Waals surface area (Å²) in [5.74, 6) is 0.282. The monoisotopic (exact) mass is 744 g/mol. The van der Waals surface area contributed by atoms with Gasteiger partial charge in [0.05, 0.1) is 59.5 Å². The highest BCUT2D eigenvalue weighted by Gasteiger charge is 2.47. The molecule has 0 saturated heterocycles. The molecule has 0 amide bonds. The molecule has 6 aliphatic heterocycles. The van der Waals surface area contributed by atoms with Crippen molar-refractivity contribution in [1.82, 2.24) is 30.7 Å². The summed E-state index contributed by atoms with van der Waals surface area (Å²) in [6.07, 6.45) is 25.4. The Morgan fingerprint density at radius 1 is 0.807 bits per heavy atom. The SMILES string of the molecule is CN1C(c2ccccn2)=CC(N2c3ccccc3C3=C(c4ccccc42)N(C2=CCC(C4=c5ccccc5=CCN4)C=C2)C2CN=CNC32)=CC1C1=CC=CCN1. The molecule has 8 heteroatoms. The van der Waals surface area contributed by atoms with Crippen molar-refractivity contribution in [2.24, 2.45) is 10.9 Å². The van der Waals surface area contributed by atoms with Crippen molar-refractivity contribution in [2.75, 3.05) is 31.6 Å². The van der Waals surface area contributed by atoms with Crippen molar-refractivity contribution >= 4 is 46.5 Å². The van der Waals surface area contributed by atoms with Crippen LogP contribution in [-0.2, 0) is 0 Å². The van der Waals surface area contributed by atoms with Crippen LogP contribution in [0.5, 0.6) is 0 Å². The zero-order valence-corrected chi connectivity index (χ0v) is 31.9. The third kappa shape index (κ3) is 5.50. The number of fused-ring (bicyclic) bond motifs is 7. The van der Waals surface area contributed by atoms with Crippen LogP contribution in [0.1, 0.15) is 23.2 Å². The quantitative estimate of drug-likeness (QED) is 0.231. The van der Waals surface area contributed by atoms with Crippen molar-refractivity contribution in [2.45, 2.75) is 24.5 Å². The van der Waals surface area contributed by atoms with Gasteiger partial charge in [0.1, 0.15) is 0 Å². The fourth-order valence-corrected chi connectivity index (χ4v) is 9.74. The smallest absolute Gasteiger partial charge is 0.0892 e. The number of aliphatic imine (C=N–C) groups is 1. The van der Waals surface area contributed by atoms with Crippen LogP contribution < -0.4 is 31.3 Å². The normalized spacial score (nSPS) is 24.2. The molecule has 57 heavy (non-hydrogen) atoms. The highest BCUT2D eigenvalue weighted by atomic mass is 15.3. The standard InChI is InChI=1S/C49H44N8/c1-55-43(39-16-8-10-25-51-39)28-35(29-44(55)40-17-9-11-26-52-40)56-41-18-6-4-14-37(41)46-48-45(30-50-31-54-48)57(49(46)38-15-5-7-19-42(38)56)34-22-20-33(21-23-34)47-36-13-3-2-12-32(36)24-27-53-47/h2-20,22-25,28-29,31,33,44-45,48,52-53H,21,26-27,30H2,1H3,(H,50,54). The minimum atomic E-state index is -0.0294. The Kier molecular flexibility index (Phi) is 8.08. The summed E-state index contributed by atoms with van der Waals surface area (Å²) in [5.41, 5.74) is 14.1. The van der Waals surface area contributed by atoms with Gasteiger partial charge in [0.25, 0.3) is 0 Å². The summed E-state index contributed by atoms with van der Waals surface area (Å²) in [4.78, 5) is 17.1. The van der Waals surface area contributed by atoms with E-state index in [0.29, 0.717) is 6.54 Å².